The molecular formula is C28H36N6O3. The maximum absolute atomic E-state index is 11.9. The average molecular weight is 505 g/mol. The topological polar surface area (TPSA) is 112 Å². The lowest BCUT2D eigenvalue weighted by Gasteiger charge is -2.33. The van der Waals surface area contributed by atoms with Gasteiger partial charge < -0.3 is 25.4 Å². The van der Waals surface area contributed by atoms with Gasteiger partial charge in [-0.15, -0.1) is 0 Å². The fourth-order valence-corrected chi connectivity index (χ4v) is 5.19. The van der Waals surface area contributed by atoms with Crippen molar-refractivity contribution in [1.29, 1.82) is 0 Å². The molecule has 0 unspecified atom stereocenters. The van der Waals surface area contributed by atoms with Gasteiger partial charge in [-0.3, -0.25) is 0 Å². The largest absolute Gasteiger partial charge is 0.480 e. The molecule has 0 aliphatic carbocycles. The first-order valence-corrected chi connectivity index (χ1v) is 13.4. The molecule has 4 heterocycles. The van der Waals surface area contributed by atoms with Crippen molar-refractivity contribution >= 4 is 28.5 Å². The zero-order valence-electron chi connectivity index (χ0n) is 21.2. The standard InChI is InChI=1S/C28H36N6O3/c35-28(36)25(33-27-23-10-1-2-11-24(23)30-19-31-27)18-37-22-9-6-16-34(17-22)15-4-3-8-21-13-12-20-7-5-14-29-26(20)32-21/h1-2,10-13,19,22,25H,3-9,14-18H2,(H,29,32)(H,35,36)(H,30,31,33)/t22-,25+/m1/s1. The quantitative estimate of drug-likeness (QED) is 0.336. The number of hydrogen-bond acceptors (Lipinski definition) is 8. The number of para-hydroxylation sites is 1. The molecule has 1 saturated heterocycles. The third kappa shape index (κ3) is 6.72. The molecule has 37 heavy (non-hydrogen) atoms. The number of ether oxygens (including phenoxy) is 1. The number of anilines is 2. The van der Waals surface area contributed by atoms with Gasteiger partial charge in [0.1, 0.15) is 24.0 Å². The lowest BCUT2D eigenvalue weighted by Crippen LogP contribution is -2.43. The highest BCUT2D eigenvalue weighted by Gasteiger charge is 2.25. The summed E-state index contributed by atoms with van der Waals surface area (Å²) in [5.41, 5.74) is 3.27. The highest BCUT2D eigenvalue weighted by Crippen LogP contribution is 2.22. The van der Waals surface area contributed by atoms with Crippen molar-refractivity contribution in [1.82, 2.24) is 19.9 Å². The molecule has 5 rings (SSSR count). The predicted molar refractivity (Wildman–Crippen MR) is 144 cm³/mol. The molecule has 0 bridgehead atoms. The van der Waals surface area contributed by atoms with Crippen LogP contribution in [0.5, 0.6) is 0 Å². The van der Waals surface area contributed by atoms with Crippen molar-refractivity contribution < 1.29 is 14.6 Å². The van der Waals surface area contributed by atoms with Gasteiger partial charge >= 0.3 is 5.97 Å². The Morgan fingerprint density at radius 2 is 2.11 bits per heavy atom. The second-order valence-electron chi connectivity index (χ2n) is 9.97. The second kappa shape index (κ2) is 12.3. The van der Waals surface area contributed by atoms with Gasteiger partial charge in [-0.25, -0.2) is 19.7 Å². The van der Waals surface area contributed by atoms with E-state index in [4.69, 9.17) is 9.72 Å². The van der Waals surface area contributed by atoms with E-state index in [1.165, 1.54) is 18.3 Å². The van der Waals surface area contributed by atoms with Crippen molar-refractivity contribution in [2.45, 2.75) is 57.1 Å². The Kier molecular flexibility index (Phi) is 8.42. The highest BCUT2D eigenvalue weighted by atomic mass is 16.5. The van der Waals surface area contributed by atoms with E-state index >= 15 is 0 Å². The van der Waals surface area contributed by atoms with Gasteiger partial charge in [0.15, 0.2) is 0 Å². The Morgan fingerprint density at radius 1 is 1.19 bits per heavy atom. The Morgan fingerprint density at radius 3 is 3.03 bits per heavy atom. The number of unbranched alkanes of at least 4 members (excludes halogenated alkanes) is 1. The van der Waals surface area contributed by atoms with E-state index < -0.39 is 12.0 Å². The van der Waals surface area contributed by atoms with Gasteiger partial charge in [-0.1, -0.05) is 18.2 Å². The lowest BCUT2D eigenvalue weighted by atomic mass is 10.1. The minimum absolute atomic E-state index is 0.0351. The normalized spacial score (nSPS) is 18.6. The third-order valence-corrected chi connectivity index (χ3v) is 7.22. The molecule has 9 nitrogen and oxygen atoms in total. The van der Waals surface area contributed by atoms with Crippen LogP contribution in [0, 0.1) is 0 Å². The molecule has 2 aliphatic heterocycles. The van der Waals surface area contributed by atoms with Crippen LogP contribution >= 0.6 is 0 Å². The van der Waals surface area contributed by atoms with Gasteiger partial charge in [-0.05, 0) is 81.8 Å². The molecule has 2 aromatic heterocycles. The first-order valence-electron chi connectivity index (χ1n) is 13.4. The summed E-state index contributed by atoms with van der Waals surface area (Å²) in [5, 5.41) is 17.0. The molecule has 3 aromatic rings. The third-order valence-electron chi connectivity index (χ3n) is 7.22. The number of pyridine rings is 1. The van der Waals surface area contributed by atoms with E-state index in [1.807, 2.05) is 24.3 Å². The number of carbonyl (C=O) groups is 1. The maximum Gasteiger partial charge on any atom is 0.328 e. The van der Waals surface area contributed by atoms with Gasteiger partial charge in [0.05, 0.1) is 18.2 Å². The summed E-state index contributed by atoms with van der Waals surface area (Å²) in [6.07, 6.45) is 9.00. The number of piperidine rings is 1. The molecule has 0 saturated carbocycles. The van der Waals surface area contributed by atoms with Gasteiger partial charge in [0, 0.05) is 24.2 Å². The van der Waals surface area contributed by atoms with E-state index in [0.29, 0.717) is 5.82 Å². The molecule has 3 N–H and O–H groups in total. The SMILES string of the molecule is O=C(O)[C@H](CO[C@@H]1CCCN(CCCCc2ccc3c(n2)NCCC3)C1)Nc1ncnc2ccccc12. The molecule has 2 atom stereocenters. The van der Waals surface area contributed by atoms with Crippen LogP contribution < -0.4 is 10.6 Å². The first kappa shape index (κ1) is 25.4. The summed E-state index contributed by atoms with van der Waals surface area (Å²) in [7, 11) is 0. The zero-order valence-corrected chi connectivity index (χ0v) is 21.2. The van der Waals surface area contributed by atoms with Crippen molar-refractivity contribution in [2.75, 3.05) is 43.4 Å². The summed E-state index contributed by atoms with van der Waals surface area (Å²) >= 11 is 0. The van der Waals surface area contributed by atoms with E-state index in [1.54, 1.807) is 0 Å². The number of hydrogen-bond donors (Lipinski definition) is 3. The van der Waals surface area contributed by atoms with Gasteiger partial charge in [0.2, 0.25) is 0 Å². The Bertz CT molecular complexity index is 1200. The van der Waals surface area contributed by atoms with E-state index in [0.717, 1.165) is 87.1 Å². The zero-order chi connectivity index (χ0) is 25.5. The van der Waals surface area contributed by atoms with E-state index in [2.05, 4.69) is 37.6 Å². The van der Waals surface area contributed by atoms with Crippen LogP contribution in [0.1, 0.15) is 43.4 Å². The first-order chi connectivity index (χ1) is 18.2. The molecule has 1 fully saturated rings. The monoisotopic (exact) mass is 504 g/mol. The van der Waals surface area contributed by atoms with Crippen molar-refractivity contribution in [3.05, 3.63) is 54.0 Å². The smallest absolute Gasteiger partial charge is 0.328 e. The molecule has 0 amide bonds. The molecule has 0 radical (unpaired) electrons. The number of aryl methyl sites for hydroxylation is 2. The number of aromatic nitrogens is 3. The predicted octanol–water partition coefficient (Wildman–Crippen LogP) is 3.75. The Hall–Kier alpha value is -3.30. The van der Waals surface area contributed by atoms with Crippen LogP contribution in [0.3, 0.4) is 0 Å². The van der Waals surface area contributed by atoms with Gasteiger partial charge in [-0.2, -0.15) is 0 Å². The maximum atomic E-state index is 11.9. The number of nitrogens with one attached hydrogen (secondary N) is 2. The minimum atomic E-state index is -0.957. The fourth-order valence-electron chi connectivity index (χ4n) is 5.19. The van der Waals surface area contributed by atoms with Gasteiger partial charge in [0.25, 0.3) is 0 Å². The molecule has 196 valence electrons. The number of nitrogens with zero attached hydrogens (tertiary/aromatic N) is 4. The number of aliphatic carboxylic acids is 1. The van der Waals surface area contributed by atoms with Crippen molar-refractivity contribution in [2.24, 2.45) is 0 Å². The number of carboxylic acid groups (broad SMARTS) is 1. The molecule has 0 spiro atoms. The van der Waals surface area contributed by atoms with Crippen LogP contribution in [-0.2, 0) is 22.4 Å². The van der Waals surface area contributed by atoms with Crippen molar-refractivity contribution in [3.8, 4) is 0 Å². The lowest BCUT2D eigenvalue weighted by molar-refractivity contribution is -0.140. The molecule has 1 aromatic carbocycles. The Balaban J connectivity index is 1.07. The number of rotatable bonds is 11. The summed E-state index contributed by atoms with van der Waals surface area (Å²) in [4.78, 5) is 27.7. The fraction of sp³-hybridized carbons (Fsp3) is 0.500. The van der Waals surface area contributed by atoms with Crippen LogP contribution in [0.4, 0.5) is 11.6 Å². The summed E-state index contributed by atoms with van der Waals surface area (Å²) < 4.78 is 6.10. The summed E-state index contributed by atoms with van der Waals surface area (Å²) in [6, 6.07) is 11.1. The minimum Gasteiger partial charge on any atom is -0.480 e. The van der Waals surface area contributed by atoms with Crippen LogP contribution in [0.2, 0.25) is 0 Å². The van der Waals surface area contributed by atoms with Crippen LogP contribution in [0.25, 0.3) is 10.9 Å². The second-order valence-corrected chi connectivity index (χ2v) is 9.97. The number of fused-ring (bicyclic) bond motifs is 2. The number of benzene rings is 1. The van der Waals surface area contributed by atoms with Crippen molar-refractivity contribution in [3.63, 3.8) is 0 Å². The van der Waals surface area contributed by atoms with E-state index in [-0.39, 0.29) is 12.7 Å². The van der Waals surface area contributed by atoms with Crippen LogP contribution in [0.15, 0.2) is 42.7 Å². The van der Waals surface area contributed by atoms with Crippen LogP contribution in [-0.4, -0.2) is 75.9 Å². The summed E-state index contributed by atoms with van der Waals surface area (Å²) in [6.45, 7) is 4.03. The van der Waals surface area contributed by atoms with E-state index in [9.17, 15) is 9.90 Å². The molecular weight excluding hydrogens is 468 g/mol. The number of likely N-dealkylation sites (tertiary alicyclic amines) is 1. The molecule has 2 aliphatic rings. The average Bonchev–Trinajstić information content (AvgIpc) is 2.93. The Labute approximate surface area is 217 Å². The molecule has 9 heteroatoms. The summed E-state index contributed by atoms with van der Waals surface area (Å²) in [5.74, 6) is 0.624. The highest BCUT2D eigenvalue weighted by molar-refractivity contribution is 5.90. The number of carboxylic acids is 1.